The van der Waals surface area contributed by atoms with Gasteiger partial charge in [-0.3, -0.25) is 14.3 Å². The third kappa shape index (κ3) is 3.05. The average Bonchev–Trinajstić information content (AvgIpc) is 2.61. The highest BCUT2D eigenvalue weighted by Crippen LogP contribution is 2.62. The standard InChI is InChI=1S/C9H14N2O7P2/c12-11-6-7(10-4-2-1-3-8(10)11)5-9(19(13,14)15)20(16,17)18/h1-3,6,9,12H,4-5H2,(H2,13,14,15)(H2,16,17,18). The van der Waals surface area contributed by atoms with Crippen LogP contribution >= 0.6 is 15.2 Å². The van der Waals surface area contributed by atoms with Crippen molar-refractivity contribution < 1.29 is 33.9 Å². The van der Waals surface area contributed by atoms with Crippen LogP contribution in [0, 0.1) is 0 Å². The Balaban J connectivity index is 2.27. The molecule has 0 saturated heterocycles. The Morgan fingerprint density at radius 2 is 1.80 bits per heavy atom. The molecule has 9 nitrogen and oxygen atoms in total. The molecule has 0 aromatic rings. The molecule has 112 valence electrons. The molecule has 2 rings (SSSR count). The van der Waals surface area contributed by atoms with Gasteiger partial charge in [-0.15, -0.1) is 0 Å². The second-order valence-corrected chi connectivity index (χ2v) is 8.40. The third-order valence-corrected chi connectivity index (χ3v) is 6.69. The van der Waals surface area contributed by atoms with Crippen molar-refractivity contribution in [3.8, 4) is 0 Å². The van der Waals surface area contributed by atoms with Gasteiger partial charge in [0.25, 0.3) is 0 Å². The van der Waals surface area contributed by atoms with Gasteiger partial charge in [-0.05, 0) is 6.08 Å². The maximum Gasteiger partial charge on any atom is 0.341 e. The summed E-state index contributed by atoms with van der Waals surface area (Å²) < 4.78 is 22.5. The molecule has 5 N–H and O–H groups in total. The summed E-state index contributed by atoms with van der Waals surface area (Å²) in [7, 11) is -9.97. The number of hydrogen-bond donors (Lipinski definition) is 5. The molecule has 0 aromatic carbocycles. The van der Waals surface area contributed by atoms with E-state index in [0.29, 0.717) is 12.4 Å². The molecule has 2 aliphatic rings. The van der Waals surface area contributed by atoms with Crippen LogP contribution in [0.15, 0.2) is 35.9 Å². The van der Waals surface area contributed by atoms with Crippen molar-refractivity contribution in [1.29, 1.82) is 0 Å². The lowest BCUT2D eigenvalue weighted by molar-refractivity contribution is -0.0133. The summed E-state index contributed by atoms with van der Waals surface area (Å²) in [4.78, 5) is 37.9. The van der Waals surface area contributed by atoms with E-state index in [1.807, 2.05) is 0 Å². The molecule has 0 bridgehead atoms. The van der Waals surface area contributed by atoms with Crippen LogP contribution in [0.3, 0.4) is 0 Å². The fourth-order valence-electron chi connectivity index (χ4n) is 2.03. The van der Waals surface area contributed by atoms with Gasteiger partial charge in [-0.2, -0.15) is 0 Å². The van der Waals surface area contributed by atoms with E-state index in [4.69, 9.17) is 19.6 Å². The summed E-state index contributed by atoms with van der Waals surface area (Å²) in [6, 6.07) is 0. The SMILES string of the molecule is O=P(O)(O)C(CC1=CN(O)C2=CC=CCN12)P(=O)(O)O. The van der Waals surface area contributed by atoms with Crippen LogP contribution in [0.5, 0.6) is 0 Å². The zero-order valence-corrected chi connectivity index (χ0v) is 11.9. The Kier molecular flexibility index (Phi) is 3.96. The van der Waals surface area contributed by atoms with Crippen molar-refractivity contribution in [2.45, 2.75) is 11.8 Å². The van der Waals surface area contributed by atoms with Gasteiger partial charge in [0.15, 0.2) is 5.40 Å². The van der Waals surface area contributed by atoms with Gasteiger partial charge in [0, 0.05) is 18.7 Å². The van der Waals surface area contributed by atoms with E-state index in [9.17, 15) is 14.3 Å². The summed E-state index contributed by atoms with van der Waals surface area (Å²) in [5, 5.41) is 8.26. The molecule has 0 aliphatic carbocycles. The minimum atomic E-state index is -4.99. The average molecular weight is 324 g/mol. The number of fused-ring (bicyclic) bond motifs is 1. The molecule has 0 unspecified atom stereocenters. The number of hydrogen-bond acceptors (Lipinski definition) is 5. The van der Waals surface area contributed by atoms with Crippen LogP contribution in [0.2, 0.25) is 0 Å². The highest BCUT2D eigenvalue weighted by atomic mass is 31.2. The number of allylic oxidation sites excluding steroid dienone is 3. The van der Waals surface area contributed by atoms with Crippen LogP contribution in [0.25, 0.3) is 0 Å². The topological polar surface area (TPSA) is 142 Å². The summed E-state index contributed by atoms with van der Waals surface area (Å²) in [5.74, 6) is 0.359. The predicted molar refractivity (Wildman–Crippen MR) is 68.1 cm³/mol. The van der Waals surface area contributed by atoms with Crippen LogP contribution < -0.4 is 0 Å². The second-order valence-electron chi connectivity index (χ2n) is 4.39. The van der Waals surface area contributed by atoms with Crippen LogP contribution in [-0.2, 0) is 9.13 Å². The van der Waals surface area contributed by atoms with Crippen LogP contribution in [0.1, 0.15) is 6.42 Å². The largest absolute Gasteiger partial charge is 0.341 e. The van der Waals surface area contributed by atoms with Crippen molar-refractivity contribution in [2.75, 3.05) is 6.54 Å². The molecule has 0 aromatic heterocycles. The van der Waals surface area contributed by atoms with Crippen molar-refractivity contribution in [2.24, 2.45) is 0 Å². The predicted octanol–water partition coefficient (Wildman–Crippen LogP) is 0.317. The fourth-order valence-corrected chi connectivity index (χ4v) is 4.45. The molecule has 0 spiro atoms. The lowest BCUT2D eigenvalue weighted by Gasteiger charge is -2.27. The maximum absolute atomic E-state index is 11.3. The summed E-state index contributed by atoms with van der Waals surface area (Å²) in [6.45, 7) is 0.337. The summed E-state index contributed by atoms with van der Waals surface area (Å²) >= 11 is 0. The Morgan fingerprint density at radius 1 is 1.20 bits per heavy atom. The first-order valence-electron chi connectivity index (χ1n) is 5.54. The number of hydroxylamine groups is 2. The highest BCUT2D eigenvalue weighted by molar-refractivity contribution is 7.70. The van der Waals surface area contributed by atoms with E-state index in [1.165, 1.54) is 11.1 Å². The lowest BCUT2D eigenvalue weighted by Crippen LogP contribution is -2.26. The van der Waals surface area contributed by atoms with Crippen LogP contribution in [-0.4, -0.2) is 46.7 Å². The van der Waals surface area contributed by atoms with Gasteiger partial charge in [-0.1, -0.05) is 12.2 Å². The minimum absolute atomic E-state index is 0.222. The van der Waals surface area contributed by atoms with Crippen molar-refractivity contribution in [3.63, 3.8) is 0 Å². The van der Waals surface area contributed by atoms with Gasteiger partial charge in [0.1, 0.15) is 5.82 Å². The van der Waals surface area contributed by atoms with E-state index in [-0.39, 0.29) is 5.70 Å². The van der Waals surface area contributed by atoms with Gasteiger partial charge in [0.05, 0.1) is 6.20 Å². The minimum Gasteiger partial charge on any atom is -0.324 e. The first-order chi connectivity index (χ1) is 9.10. The van der Waals surface area contributed by atoms with Crippen molar-refractivity contribution >= 4 is 15.2 Å². The molecule has 0 fully saturated rings. The molecular formula is C9H14N2O7P2. The third-order valence-electron chi connectivity index (χ3n) is 2.97. The van der Waals surface area contributed by atoms with Gasteiger partial charge in [-0.25, -0.2) is 5.06 Å². The quantitative estimate of drug-likeness (QED) is 0.462. The summed E-state index contributed by atoms with van der Waals surface area (Å²) in [6.07, 6.45) is 5.63. The number of rotatable bonds is 4. The smallest absolute Gasteiger partial charge is 0.324 e. The van der Waals surface area contributed by atoms with E-state index in [0.717, 1.165) is 5.06 Å². The van der Waals surface area contributed by atoms with Gasteiger partial charge in [0.2, 0.25) is 0 Å². The molecule has 0 amide bonds. The van der Waals surface area contributed by atoms with E-state index < -0.39 is 27.0 Å². The van der Waals surface area contributed by atoms with E-state index in [2.05, 4.69) is 0 Å². The fraction of sp³-hybridized carbons (Fsp3) is 0.333. The first kappa shape index (κ1) is 15.5. The molecule has 2 heterocycles. The van der Waals surface area contributed by atoms with Crippen LogP contribution in [0.4, 0.5) is 0 Å². The Morgan fingerprint density at radius 3 is 2.35 bits per heavy atom. The Hall–Kier alpha value is -0.920. The molecule has 0 radical (unpaired) electrons. The maximum atomic E-state index is 11.3. The Labute approximate surface area is 114 Å². The zero-order chi connectivity index (χ0) is 15.1. The molecule has 0 saturated carbocycles. The molecule has 20 heavy (non-hydrogen) atoms. The second kappa shape index (κ2) is 5.13. The molecular weight excluding hydrogens is 310 g/mol. The normalized spacial score (nSPS) is 19.3. The molecule has 0 atom stereocenters. The van der Waals surface area contributed by atoms with E-state index in [1.54, 1.807) is 18.2 Å². The van der Waals surface area contributed by atoms with E-state index >= 15 is 0 Å². The van der Waals surface area contributed by atoms with Crippen molar-refractivity contribution in [3.05, 3.63) is 35.9 Å². The molecule has 2 aliphatic heterocycles. The Bertz CT molecular complexity index is 565. The molecule has 11 heteroatoms. The monoisotopic (exact) mass is 324 g/mol. The van der Waals surface area contributed by atoms with Gasteiger partial charge >= 0.3 is 15.2 Å². The van der Waals surface area contributed by atoms with Gasteiger partial charge < -0.3 is 24.5 Å². The highest BCUT2D eigenvalue weighted by Gasteiger charge is 2.45. The van der Waals surface area contributed by atoms with Crippen molar-refractivity contribution in [1.82, 2.24) is 9.96 Å². The first-order valence-corrected chi connectivity index (χ1v) is 8.90. The lowest BCUT2D eigenvalue weighted by atomic mass is 10.3. The zero-order valence-electron chi connectivity index (χ0n) is 10.1. The summed E-state index contributed by atoms with van der Waals surface area (Å²) in [5.41, 5.74) is 0.222. The number of nitrogens with zero attached hydrogens (tertiary/aromatic N) is 2.